The number of rotatable bonds is 8. The fourth-order valence-corrected chi connectivity index (χ4v) is 3.08. The van der Waals surface area contributed by atoms with Crippen LogP contribution in [0.25, 0.3) is 0 Å². The summed E-state index contributed by atoms with van der Waals surface area (Å²) in [5.74, 6) is -0.452. The summed E-state index contributed by atoms with van der Waals surface area (Å²) in [5.41, 5.74) is 3.14. The van der Waals surface area contributed by atoms with Crippen LogP contribution in [0.3, 0.4) is 0 Å². The highest BCUT2D eigenvalue weighted by Gasteiger charge is 2.07. The molecule has 0 radical (unpaired) electrons. The molecule has 0 saturated heterocycles. The minimum absolute atomic E-state index is 0. The van der Waals surface area contributed by atoms with E-state index in [2.05, 4.69) is 21.2 Å². The fourth-order valence-electron chi connectivity index (χ4n) is 2.68. The van der Waals surface area contributed by atoms with Crippen LogP contribution in [-0.2, 0) is 19.7 Å². The molecule has 3 aromatic rings. The van der Waals surface area contributed by atoms with E-state index in [1.165, 1.54) is 12.1 Å². The number of hydrogen-bond acceptors (Lipinski definition) is 3. The van der Waals surface area contributed by atoms with Gasteiger partial charge in [0.2, 0.25) is 0 Å². The van der Waals surface area contributed by atoms with Gasteiger partial charge in [-0.25, -0.2) is 9.18 Å². The first kappa shape index (κ1) is 22.9. The molecule has 3 rings (SSSR count). The molecule has 0 bridgehead atoms. The third-order valence-electron chi connectivity index (χ3n) is 4.18. The molecule has 0 aliphatic heterocycles. The Morgan fingerprint density at radius 1 is 0.966 bits per heavy atom. The topological polar surface area (TPSA) is 58.6 Å². The third kappa shape index (κ3) is 6.85. The van der Waals surface area contributed by atoms with Gasteiger partial charge in [0.05, 0.1) is 5.56 Å². The van der Waals surface area contributed by atoms with Gasteiger partial charge in [-0.2, -0.15) is 0 Å². The Morgan fingerprint density at radius 2 is 1.62 bits per heavy atom. The summed E-state index contributed by atoms with van der Waals surface area (Å²) in [6.45, 7) is 1.54. The van der Waals surface area contributed by atoms with E-state index in [0.717, 1.165) is 26.9 Å². The van der Waals surface area contributed by atoms with E-state index in [-0.39, 0.29) is 23.8 Å². The van der Waals surface area contributed by atoms with Crippen LogP contribution in [0.4, 0.5) is 4.39 Å². The number of nitrogens with one attached hydrogen (secondary N) is 1. The highest BCUT2D eigenvalue weighted by molar-refractivity contribution is 9.10. The Bertz CT molecular complexity index is 949. The second-order valence-electron chi connectivity index (χ2n) is 6.27. The Morgan fingerprint density at radius 3 is 2.28 bits per heavy atom. The number of aromatic carboxylic acids is 1. The van der Waals surface area contributed by atoms with E-state index in [4.69, 9.17) is 9.84 Å². The van der Waals surface area contributed by atoms with E-state index in [9.17, 15) is 9.18 Å². The summed E-state index contributed by atoms with van der Waals surface area (Å²) < 4.78 is 19.9. The van der Waals surface area contributed by atoms with Gasteiger partial charge >= 0.3 is 5.97 Å². The summed E-state index contributed by atoms with van der Waals surface area (Å²) in [4.78, 5) is 10.9. The predicted octanol–water partition coefficient (Wildman–Crippen LogP) is 5.58. The van der Waals surface area contributed by atoms with Crippen LogP contribution in [0.1, 0.15) is 27.0 Å². The number of benzene rings is 3. The van der Waals surface area contributed by atoms with Crippen molar-refractivity contribution in [2.24, 2.45) is 0 Å². The van der Waals surface area contributed by atoms with E-state index in [1.54, 1.807) is 36.4 Å². The molecule has 29 heavy (non-hydrogen) atoms. The largest absolute Gasteiger partial charge is 0.489 e. The number of carbonyl (C=O) groups is 1. The maximum Gasteiger partial charge on any atom is 0.335 e. The van der Waals surface area contributed by atoms with Crippen molar-refractivity contribution in [3.05, 3.63) is 99.3 Å². The molecular formula is C22H20BrClFNO3. The number of hydrogen-bond donors (Lipinski definition) is 2. The number of ether oxygens (including phenoxy) is 1. The lowest BCUT2D eigenvalue weighted by Crippen LogP contribution is -2.14. The van der Waals surface area contributed by atoms with Crippen LogP contribution in [0.5, 0.6) is 5.75 Å². The van der Waals surface area contributed by atoms with Crippen molar-refractivity contribution >= 4 is 34.3 Å². The molecule has 2 N–H and O–H groups in total. The summed E-state index contributed by atoms with van der Waals surface area (Å²) >= 11 is 3.48. The van der Waals surface area contributed by atoms with Crippen molar-refractivity contribution < 1.29 is 19.0 Å². The van der Waals surface area contributed by atoms with Crippen LogP contribution >= 0.6 is 28.3 Å². The fraction of sp³-hybridized carbons (Fsp3) is 0.136. The van der Waals surface area contributed by atoms with Gasteiger partial charge in [-0.15, -0.1) is 12.4 Å². The van der Waals surface area contributed by atoms with Gasteiger partial charge < -0.3 is 15.2 Å². The van der Waals surface area contributed by atoms with Gasteiger partial charge in [0.25, 0.3) is 0 Å². The average molecular weight is 481 g/mol. The summed E-state index contributed by atoms with van der Waals surface area (Å²) in [7, 11) is 0. The lowest BCUT2D eigenvalue weighted by molar-refractivity contribution is 0.0697. The highest BCUT2D eigenvalue weighted by atomic mass is 79.9. The average Bonchev–Trinajstić information content (AvgIpc) is 2.69. The standard InChI is InChI=1S/C22H19BrFNO3.ClH/c23-19-7-10-21(28-14-16-3-8-20(24)9-4-16)18(11-19)13-25-12-15-1-5-17(6-2-15)22(26)27;/h1-11,25H,12-14H2,(H,26,27);1H. The van der Waals surface area contributed by atoms with Crippen molar-refractivity contribution in [3.8, 4) is 5.75 Å². The van der Waals surface area contributed by atoms with Crippen LogP contribution in [0.2, 0.25) is 0 Å². The van der Waals surface area contributed by atoms with Gasteiger partial charge in [0.15, 0.2) is 0 Å². The van der Waals surface area contributed by atoms with Crippen LogP contribution in [-0.4, -0.2) is 11.1 Å². The summed E-state index contributed by atoms with van der Waals surface area (Å²) in [5, 5.41) is 12.3. The zero-order valence-corrected chi connectivity index (χ0v) is 17.8. The number of carboxylic acids is 1. The molecular weight excluding hydrogens is 461 g/mol. The molecule has 0 amide bonds. The van der Waals surface area contributed by atoms with Gasteiger partial charge in [-0.05, 0) is 53.6 Å². The maximum absolute atomic E-state index is 13.0. The zero-order chi connectivity index (χ0) is 19.9. The molecule has 4 nitrogen and oxygen atoms in total. The molecule has 0 aromatic heterocycles. The van der Waals surface area contributed by atoms with Crippen molar-refractivity contribution in [1.29, 1.82) is 0 Å². The van der Waals surface area contributed by atoms with Gasteiger partial charge in [-0.3, -0.25) is 0 Å². The van der Waals surface area contributed by atoms with Crippen LogP contribution in [0, 0.1) is 5.82 Å². The molecule has 0 heterocycles. The minimum Gasteiger partial charge on any atom is -0.489 e. The van der Waals surface area contributed by atoms with E-state index in [1.807, 2.05) is 18.2 Å². The van der Waals surface area contributed by atoms with Crippen molar-refractivity contribution in [3.63, 3.8) is 0 Å². The smallest absolute Gasteiger partial charge is 0.335 e. The molecule has 0 aliphatic carbocycles. The Labute approximate surface area is 183 Å². The SMILES string of the molecule is Cl.O=C(O)c1ccc(CNCc2cc(Br)ccc2OCc2ccc(F)cc2)cc1. The molecule has 0 fully saturated rings. The summed E-state index contributed by atoms with van der Waals surface area (Å²) in [6.07, 6.45) is 0. The molecule has 152 valence electrons. The first-order valence-electron chi connectivity index (χ1n) is 8.70. The van der Waals surface area contributed by atoms with E-state index in [0.29, 0.717) is 19.7 Å². The van der Waals surface area contributed by atoms with Crippen molar-refractivity contribution in [2.75, 3.05) is 0 Å². The molecule has 0 atom stereocenters. The quantitative estimate of drug-likeness (QED) is 0.442. The first-order valence-corrected chi connectivity index (χ1v) is 9.49. The molecule has 0 unspecified atom stereocenters. The normalized spacial score (nSPS) is 10.3. The van der Waals surface area contributed by atoms with Crippen molar-refractivity contribution in [2.45, 2.75) is 19.7 Å². The van der Waals surface area contributed by atoms with Gasteiger partial charge in [0.1, 0.15) is 18.2 Å². The molecule has 7 heteroatoms. The van der Waals surface area contributed by atoms with Crippen LogP contribution < -0.4 is 10.1 Å². The first-order chi connectivity index (χ1) is 13.5. The maximum atomic E-state index is 13.0. The Kier molecular flexibility index (Phi) is 8.64. The predicted molar refractivity (Wildman–Crippen MR) is 116 cm³/mol. The third-order valence-corrected chi connectivity index (χ3v) is 4.67. The Hall–Kier alpha value is -2.41. The second-order valence-corrected chi connectivity index (χ2v) is 7.19. The lowest BCUT2D eigenvalue weighted by Gasteiger charge is -2.13. The molecule has 0 saturated carbocycles. The monoisotopic (exact) mass is 479 g/mol. The zero-order valence-electron chi connectivity index (χ0n) is 15.4. The van der Waals surface area contributed by atoms with Crippen molar-refractivity contribution in [1.82, 2.24) is 5.32 Å². The van der Waals surface area contributed by atoms with E-state index < -0.39 is 5.97 Å². The lowest BCUT2D eigenvalue weighted by atomic mass is 10.1. The second kappa shape index (κ2) is 11.0. The summed E-state index contributed by atoms with van der Waals surface area (Å²) in [6, 6.07) is 18.8. The van der Waals surface area contributed by atoms with Gasteiger partial charge in [-0.1, -0.05) is 40.2 Å². The Balaban J connectivity index is 0.00000300. The number of halogens is 3. The number of carboxylic acid groups (broad SMARTS) is 1. The molecule has 0 spiro atoms. The molecule has 3 aromatic carbocycles. The van der Waals surface area contributed by atoms with Crippen LogP contribution in [0.15, 0.2) is 71.2 Å². The van der Waals surface area contributed by atoms with Gasteiger partial charge in [0, 0.05) is 23.1 Å². The van der Waals surface area contributed by atoms with E-state index >= 15 is 0 Å². The molecule has 0 aliphatic rings. The minimum atomic E-state index is -0.934. The highest BCUT2D eigenvalue weighted by Crippen LogP contribution is 2.24.